The molecule has 5 heteroatoms. The van der Waals surface area contributed by atoms with Crippen LogP contribution in [0.3, 0.4) is 0 Å². The maximum atomic E-state index is 4.35. The van der Waals surface area contributed by atoms with Crippen LogP contribution >= 0.6 is 27.3 Å². The molecule has 2 rings (SSSR count). The molecule has 0 fully saturated rings. The second-order valence-corrected chi connectivity index (χ2v) is 5.95. The van der Waals surface area contributed by atoms with E-state index in [2.05, 4.69) is 49.9 Å². The minimum Gasteiger partial charge on any atom is -0.320 e. The molecule has 0 amide bonds. The summed E-state index contributed by atoms with van der Waals surface area (Å²) in [5.41, 5.74) is 3.23. The van der Waals surface area contributed by atoms with Gasteiger partial charge in [-0.3, -0.25) is 0 Å². The second-order valence-electron chi connectivity index (χ2n) is 4.20. The summed E-state index contributed by atoms with van der Waals surface area (Å²) < 4.78 is 3.22. The summed E-state index contributed by atoms with van der Waals surface area (Å²) in [6, 6.07) is 8.09. The van der Waals surface area contributed by atoms with Gasteiger partial charge in [0.1, 0.15) is 0 Å². The normalized spacial score (nSPS) is 13.1. The standard InChI is InChI=1S/C14H16BrN3S/c1-4-18-10(2)9-19-14(18)17-16-11(3)12-5-7-13(15)8-6-12/h5-9H,4H2,1-3H3/b16-11+,17-14+. The minimum atomic E-state index is 0.918. The molecule has 0 unspecified atom stereocenters. The smallest absolute Gasteiger partial charge is 0.210 e. The van der Waals surface area contributed by atoms with Gasteiger partial charge in [0.2, 0.25) is 4.80 Å². The summed E-state index contributed by atoms with van der Waals surface area (Å²) >= 11 is 5.05. The van der Waals surface area contributed by atoms with Crippen molar-refractivity contribution in [3.63, 3.8) is 0 Å². The zero-order valence-corrected chi connectivity index (χ0v) is 13.6. The van der Waals surface area contributed by atoms with E-state index in [9.17, 15) is 0 Å². The molecule has 2 aromatic rings. The molecule has 1 aromatic heterocycles. The fourth-order valence-electron chi connectivity index (χ4n) is 1.74. The van der Waals surface area contributed by atoms with Crippen LogP contribution in [-0.4, -0.2) is 10.3 Å². The highest BCUT2D eigenvalue weighted by Crippen LogP contribution is 2.11. The number of nitrogens with zero attached hydrogens (tertiary/aromatic N) is 3. The van der Waals surface area contributed by atoms with Gasteiger partial charge in [-0.25, -0.2) is 0 Å². The van der Waals surface area contributed by atoms with Gasteiger partial charge < -0.3 is 4.57 Å². The molecule has 0 saturated carbocycles. The van der Waals surface area contributed by atoms with E-state index in [1.165, 1.54) is 5.69 Å². The van der Waals surface area contributed by atoms with Crippen molar-refractivity contribution in [2.75, 3.05) is 0 Å². The molecule has 0 aliphatic carbocycles. The molecule has 19 heavy (non-hydrogen) atoms. The van der Waals surface area contributed by atoms with Crippen molar-refractivity contribution < 1.29 is 0 Å². The Morgan fingerprint density at radius 3 is 2.63 bits per heavy atom. The van der Waals surface area contributed by atoms with Crippen LogP contribution in [0.15, 0.2) is 44.3 Å². The van der Waals surface area contributed by atoms with E-state index >= 15 is 0 Å². The van der Waals surface area contributed by atoms with E-state index in [0.29, 0.717) is 0 Å². The molecule has 3 nitrogen and oxygen atoms in total. The van der Waals surface area contributed by atoms with Crippen LogP contribution in [0.4, 0.5) is 0 Å². The van der Waals surface area contributed by atoms with Crippen LogP contribution in [0.1, 0.15) is 25.1 Å². The van der Waals surface area contributed by atoms with Crippen molar-refractivity contribution in [2.45, 2.75) is 27.3 Å². The molecule has 0 saturated heterocycles. The Kier molecular flexibility index (Phi) is 4.71. The molecule has 0 radical (unpaired) electrons. The second kappa shape index (κ2) is 6.30. The van der Waals surface area contributed by atoms with Crippen molar-refractivity contribution in [3.8, 4) is 0 Å². The Morgan fingerprint density at radius 2 is 2.00 bits per heavy atom. The third-order valence-electron chi connectivity index (χ3n) is 2.86. The van der Waals surface area contributed by atoms with Crippen LogP contribution in [-0.2, 0) is 6.54 Å². The molecule has 0 N–H and O–H groups in total. The lowest BCUT2D eigenvalue weighted by atomic mass is 10.1. The number of halogens is 1. The first-order valence-electron chi connectivity index (χ1n) is 6.11. The molecule has 0 aliphatic rings. The zero-order chi connectivity index (χ0) is 13.8. The Hall–Kier alpha value is -1.20. The molecule has 1 heterocycles. The van der Waals surface area contributed by atoms with Crippen LogP contribution in [0.25, 0.3) is 0 Å². The summed E-state index contributed by atoms with van der Waals surface area (Å²) in [6.07, 6.45) is 0. The first-order valence-corrected chi connectivity index (χ1v) is 7.78. The highest BCUT2D eigenvalue weighted by Gasteiger charge is 1.99. The molecule has 100 valence electrons. The SMILES string of the molecule is CCn1c(C)cs/c1=N/N=C(\C)c1ccc(Br)cc1. The van der Waals surface area contributed by atoms with Gasteiger partial charge >= 0.3 is 0 Å². The van der Waals surface area contributed by atoms with Gasteiger partial charge in [-0.15, -0.1) is 16.4 Å². The average molecular weight is 338 g/mol. The number of thiazole rings is 1. The monoisotopic (exact) mass is 337 g/mol. The fourth-order valence-corrected chi connectivity index (χ4v) is 2.90. The summed E-state index contributed by atoms with van der Waals surface area (Å²) in [4.78, 5) is 0.941. The predicted molar refractivity (Wildman–Crippen MR) is 84.6 cm³/mol. The first-order chi connectivity index (χ1) is 9.11. The molecular formula is C14H16BrN3S. The van der Waals surface area contributed by atoms with E-state index in [-0.39, 0.29) is 0 Å². The minimum absolute atomic E-state index is 0.918. The Bertz CT molecular complexity index is 650. The predicted octanol–water partition coefficient (Wildman–Crippen LogP) is 3.97. The largest absolute Gasteiger partial charge is 0.320 e. The number of hydrogen-bond acceptors (Lipinski definition) is 3. The highest BCUT2D eigenvalue weighted by atomic mass is 79.9. The van der Waals surface area contributed by atoms with E-state index < -0.39 is 0 Å². The molecule has 1 aromatic carbocycles. The van der Waals surface area contributed by atoms with Gasteiger partial charge in [0.15, 0.2) is 0 Å². The third-order valence-corrected chi connectivity index (χ3v) is 4.36. The van der Waals surface area contributed by atoms with Crippen LogP contribution in [0.2, 0.25) is 0 Å². The summed E-state index contributed by atoms with van der Waals surface area (Å²) in [7, 11) is 0. The van der Waals surface area contributed by atoms with Gasteiger partial charge in [0.05, 0.1) is 5.71 Å². The lowest BCUT2D eigenvalue weighted by Crippen LogP contribution is -2.14. The Labute approximate surface area is 125 Å². The molecule has 0 spiro atoms. The highest BCUT2D eigenvalue weighted by molar-refractivity contribution is 9.10. The first kappa shape index (κ1) is 14.2. The lowest BCUT2D eigenvalue weighted by molar-refractivity contribution is 0.705. The summed E-state index contributed by atoms with van der Waals surface area (Å²) in [5, 5.41) is 10.8. The van der Waals surface area contributed by atoms with Gasteiger partial charge in [0.25, 0.3) is 0 Å². The maximum Gasteiger partial charge on any atom is 0.210 e. The number of aryl methyl sites for hydroxylation is 1. The lowest BCUT2D eigenvalue weighted by Gasteiger charge is -2.00. The number of aromatic nitrogens is 1. The fraction of sp³-hybridized carbons (Fsp3) is 0.286. The molecule has 0 bridgehead atoms. The van der Waals surface area contributed by atoms with Crippen molar-refractivity contribution in [1.29, 1.82) is 0 Å². The van der Waals surface area contributed by atoms with E-state index in [0.717, 1.165) is 27.1 Å². The molecular weight excluding hydrogens is 322 g/mol. The van der Waals surface area contributed by atoms with Crippen LogP contribution in [0.5, 0.6) is 0 Å². The Morgan fingerprint density at radius 1 is 1.32 bits per heavy atom. The van der Waals surface area contributed by atoms with Gasteiger partial charge in [0, 0.05) is 22.1 Å². The average Bonchev–Trinajstić information content (AvgIpc) is 2.77. The number of hydrogen-bond donors (Lipinski definition) is 0. The zero-order valence-electron chi connectivity index (χ0n) is 11.2. The molecule has 0 atom stereocenters. The van der Waals surface area contributed by atoms with E-state index in [1.807, 2.05) is 31.2 Å². The van der Waals surface area contributed by atoms with E-state index in [1.54, 1.807) is 11.3 Å². The van der Waals surface area contributed by atoms with Crippen molar-refractivity contribution >= 4 is 33.0 Å². The van der Waals surface area contributed by atoms with E-state index in [4.69, 9.17) is 0 Å². The van der Waals surface area contributed by atoms with Gasteiger partial charge in [-0.2, -0.15) is 5.10 Å². The summed E-state index contributed by atoms with van der Waals surface area (Å²) in [6.45, 7) is 7.10. The Balaban J connectivity index is 2.33. The van der Waals surface area contributed by atoms with Gasteiger partial charge in [-0.05, 0) is 38.5 Å². The van der Waals surface area contributed by atoms with Crippen LogP contribution < -0.4 is 4.80 Å². The quantitative estimate of drug-likeness (QED) is 0.599. The third kappa shape index (κ3) is 3.42. The number of rotatable bonds is 3. The van der Waals surface area contributed by atoms with Gasteiger partial charge in [-0.1, -0.05) is 28.1 Å². The topological polar surface area (TPSA) is 29.6 Å². The van der Waals surface area contributed by atoms with Crippen LogP contribution in [0, 0.1) is 6.92 Å². The van der Waals surface area contributed by atoms with Crippen molar-refractivity contribution in [2.24, 2.45) is 10.2 Å². The van der Waals surface area contributed by atoms with Crippen molar-refractivity contribution in [3.05, 3.63) is 50.2 Å². The number of benzene rings is 1. The maximum absolute atomic E-state index is 4.35. The summed E-state index contributed by atoms with van der Waals surface area (Å²) in [5.74, 6) is 0. The van der Waals surface area contributed by atoms with Crippen molar-refractivity contribution in [1.82, 2.24) is 4.57 Å². The molecule has 0 aliphatic heterocycles.